The number of thiol groups is 1. The lowest BCUT2D eigenvalue weighted by Crippen LogP contribution is -1.83. The third kappa shape index (κ3) is 2.37. The maximum Gasteiger partial charge on any atom is 0.0148 e. The van der Waals surface area contributed by atoms with Crippen molar-refractivity contribution in [1.29, 1.82) is 0 Å². The van der Waals surface area contributed by atoms with Crippen LogP contribution >= 0.6 is 12.6 Å². The Bertz CT molecular complexity index is 436. The average molecular weight is 226 g/mol. The zero-order valence-corrected chi connectivity index (χ0v) is 10.1. The maximum absolute atomic E-state index is 4.61. The monoisotopic (exact) mass is 226 g/mol. The highest BCUT2D eigenvalue weighted by Crippen LogP contribution is 2.28. The van der Waals surface area contributed by atoms with Crippen molar-refractivity contribution in [1.82, 2.24) is 0 Å². The molecule has 0 unspecified atom stereocenters. The molecule has 0 aliphatic heterocycles. The van der Waals surface area contributed by atoms with Gasteiger partial charge < -0.3 is 0 Å². The zero-order chi connectivity index (χ0) is 11.4. The molecule has 0 aliphatic rings. The van der Waals surface area contributed by atoms with E-state index >= 15 is 0 Å². The van der Waals surface area contributed by atoms with Gasteiger partial charge in [-0.3, -0.25) is 0 Å². The first kappa shape index (κ1) is 11.0. The SMILES string of the molecule is C/C(=C(\S)c1ccccc1)c1ccccc1. The Kier molecular flexibility index (Phi) is 3.47. The van der Waals surface area contributed by atoms with E-state index in [2.05, 4.69) is 43.8 Å². The van der Waals surface area contributed by atoms with E-state index in [0.717, 1.165) is 10.5 Å². The summed E-state index contributed by atoms with van der Waals surface area (Å²) in [5.74, 6) is 0. The van der Waals surface area contributed by atoms with Crippen molar-refractivity contribution in [2.75, 3.05) is 0 Å². The predicted octanol–water partition coefficient (Wildman–Crippen LogP) is 4.50. The molecular weight excluding hydrogens is 212 g/mol. The van der Waals surface area contributed by atoms with Crippen molar-refractivity contribution in [3.8, 4) is 0 Å². The molecule has 0 heterocycles. The van der Waals surface area contributed by atoms with Crippen molar-refractivity contribution in [2.24, 2.45) is 0 Å². The summed E-state index contributed by atoms with van der Waals surface area (Å²) in [6, 6.07) is 20.6. The van der Waals surface area contributed by atoms with Crippen LogP contribution in [0.3, 0.4) is 0 Å². The minimum atomic E-state index is 1.03. The number of benzene rings is 2. The van der Waals surface area contributed by atoms with Crippen molar-refractivity contribution in [3.05, 3.63) is 71.8 Å². The molecule has 0 nitrogen and oxygen atoms in total. The van der Waals surface area contributed by atoms with Crippen LogP contribution in [0.15, 0.2) is 60.7 Å². The Morgan fingerprint density at radius 2 is 1.19 bits per heavy atom. The van der Waals surface area contributed by atoms with Crippen molar-refractivity contribution in [2.45, 2.75) is 6.92 Å². The highest BCUT2D eigenvalue weighted by Gasteiger charge is 2.02. The molecule has 0 atom stereocenters. The second kappa shape index (κ2) is 5.04. The fourth-order valence-corrected chi connectivity index (χ4v) is 1.92. The summed E-state index contributed by atoms with van der Waals surface area (Å²) in [6.07, 6.45) is 0. The van der Waals surface area contributed by atoms with E-state index in [9.17, 15) is 0 Å². The largest absolute Gasteiger partial charge is 0.143 e. The molecule has 2 rings (SSSR count). The molecule has 0 fully saturated rings. The molecule has 0 amide bonds. The normalized spacial score (nSPS) is 12.1. The van der Waals surface area contributed by atoms with Crippen LogP contribution in [0, 0.1) is 0 Å². The summed E-state index contributed by atoms with van der Waals surface area (Å²) in [5.41, 5.74) is 3.58. The van der Waals surface area contributed by atoms with Gasteiger partial charge in [0.15, 0.2) is 0 Å². The summed E-state index contributed by atoms with van der Waals surface area (Å²) in [6.45, 7) is 2.10. The summed E-state index contributed by atoms with van der Waals surface area (Å²) in [5, 5.41) is 0. The summed E-state index contributed by atoms with van der Waals surface area (Å²) >= 11 is 4.61. The van der Waals surface area contributed by atoms with E-state index in [4.69, 9.17) is 0 Å². The first-order valence-electron chi connectivity index (χ1n) is 5.29. The first-order chi connectivity index (χ1) is 7.79. The summed E-state index contributed by atoms with van der Waals surface area (Å²) in [4.78, 5) is 1.03. The molecule has 0 spiro atoms. The summed E-state index contributed by atoms with van der Waals surface area (Å²) in [7, 11) is 0. The van der Waals surface area contributed by atoms with Crippen molar-refractivity contribution < 1.29 is 0 Å². The number of hydrogen-bond acceptors (Lipinski definition) is 1. The molecule has 0 aromatic heterocycles. The molecule has 0 radical (unpaired) electrons. The van der Waals surface area contributed by atoms with Gasteiger partial charge >= 0.3 is 0 Å². The first-order valence-corrected chi connectivity index (χ1v) is 5.74. The van der Waals surface area contributed by atoms with E-state index in [1.807, 2.05) is 36.4 Å². The number of allylic oxidation sites excluding steroid dienone is 1. The molecule has 0 bridgehead atoms. The second-order valence-electron chi connectivity index (χ2n) is 3.71. The number of rotatable bonds is 2. The molecule has 0 saturated heterocycles. The van der Waals surface area contributed by atoms with Gasteiger partial charge in [0.05, 0.1) is 0 Å². The highest BCUT2D eigenvalue weighted by molar-refractivity contribution is 7.90. The van der Waals surface area contributed by atoms with Crippen LogP contribution in [0.2, 0.25) is 0 Å². The molecule has 0 aliphatic carbocycles. The Morgan fingerprint density at radius 1 is 0.750 bits per heavy atom. The van der Waals surface area contributed by atoms with E-state index < -0.39 is 0 Å². The molecule has 16 heavy (non-hydrogen) atoms. The topological polar surface area (TPSA) is 0 Å². The maximum atomic E-state index is 4.61. The van der Waals surface area contributed by atoms with Gasteiger partial charge in [0.2, 0.25) is 0 Å². The summed E-state index contributed by atoms with van der Waals surface area (Å²) < 4.78 is 0. The Morgan fingerprint density at radius 3 is 1.69 bits per heavy atom. The molecule has 80 valence electrons. The van der Waals surface area contributed by atoms with Gasteiger partial charge in [-0.2, -0.15) is 0 Å². The van der Waals surface area contributed by atoms with Crippen LogP contribution < -0.4 is 0 Å². The highest BCUT2D eigenvalue weighted by atomic mass is 32.1. The number of hydrogen-bond donors (Lipinski definition) is 1. The Labute approximate surface area is 102 Å². The minimum Gasteiger partial charge on any atom is -0.143 e. The minimum absolute atomic E-state index is 1.03. The lowest BCUT2D eigenvalue weighted by atomic mass is 10.0. The predicted molar refractivity (Wildman–Crippen MR) is 74.4 cm³/mol. The van der Waals surface area contributed by atoms with Crippen LogP contribution in [-0.4, -0.2) is 0 Å². The van der Waals surface area contributed by atoms with Crippen LogP contribution in [0.25, 0.3) is 10.5 Å². The lowest BCUT2D eigenvalue weighted by Gasteiger charge is -2.07. The van der Waals surface area contributed by atoms with Gasteiger partial charge in [0.1, 0.15) is 0 Å². The second-order valence-corrected chi connectivity index (χ2v) is 4.15. The van der Waals surface area contributed by atoms with Gasteiger partial charge in [0, 0.05) is 4.91 Å². The molecule has 1 heteroatoms. The smallest absolute Gasteiger partial charge is 0.0148 e. The molecule has 2 aromatic carbocycles. The van der Waals surface area contributed by atoms with Gasteiger partial charge in [-0.05, 0) is 23.6 Å². The third-order valence-electron chi connectivity index (χ3n) is 2.61. The fourth-order valence-electron chi connectivity index (χ4n) is 1.64. The molecule has 0 saturated carbocycles. The molecule has 2 aromatic rings. The van der Waals surface area contributed by atoms with Gasteiger partial charge in [0.25, 0.3) is 0 Å². The van der Waals surface area contributed by atoms with Crippen LogP contribution in [0.5, 0.6) is 0 Å². The lowest BCUT2D eigenvalue weighted by molar-refractivity contribution is 1.57. The average Bonchev–Trinajstić information content (AvgIpc) is 2.39. The van der Waals surface area contributed by atoms with Gasteiger partial charge in [-0.15, -0.1) is 12.6 Å². The van der Waals surface area contributed by atoms with Crippen LogP contribution in [-0.2, 0) is 0 Å². The quantitative estimate of drug-likeness (QED) is 0.565. The van der Waals surface area contributed by atoms with E-state index in [0.29, 0.717) is 0 Å². The molecule has 0 N–H and O–H groups in total. The fraction of sp³-hybridized carbons (Fsp3) is 0.0667. The third-order valence-corrected chi connectivity index (χ3v) is 3.20. The van der Waals surface area contributed by atoms with E-state index in [1.165, 1.54) is 11.1 Å². The standard InChI is InChI=1S/C15H14S/c1-12(13-8-4-2-5-9-13)15(16)14-10-6-3-7-11-14/h2-11,16H,1H3/b15-12+. The van der Waals surface area contributed by atoms with Gasteiger partial charge in [-0.1, -0.05) is 60.7 Å². The zero-order valence-electron chi connectivity index (χ0n) is 9.22. The van der Waals surface area contributed by atoms with Crippen molar-refractivity contribution >= 4 is 23.1 Å². The van der Waals surface area contributed by atoms with E-state index in [-0.39, 0.29) is 0 Å². The Hall–Kier alpha value is -1.47. The van der Waals surface area contributed by atoms with E-state index in [1.54, 1.807) is 0 Å². The van der Waals surface area contributed by atoms with Gasteiger partial charge in [-0.25, -0.2) is 0 Å². The Balaban J connectivity index is 2.43. The van der Waals surface area contributed by atoms with Crippen molar-refractivity contribution in [3.63, 3.8) is 0 Å². The molecular formula is C15H14S. The van der Waals surface area contributed by atoms with Crippen LogP contribution in [0.1, 0.15) is 18.1 Å². The van der Waals surface area contributed by atoms with Crippen LogP contribution in [0.4, 0.5) is 0 Å².